The molecule has 0 spiro atoms. The van der Waals surface area contributed by atoms with Crippen LogP contribution in [0.25, 0.3) is 22.3 Å². The molecule has 1 saturated heterocycles. The van der Waals surface area contributed by atoms with Crippen LogP contribution < -0.4 is 10.2 Å². The van der Waals surface area contributed by atoms with Crippen LogP contribution in [0.3, 0.4) is 0 Å². The van der Waals surface area contributed by atoms with E-state index in [0.717, 1.165) is 12.1 Å². The fourth-order valence-corrected chi connectivity index (χ4v) is 3.66. The Labute approximate surface area is 196 Å². The molecule has 1 aromatic heterocycles. The molecule has 3 aromatic rings. The van der Waals surface area contributed by atoms with Gasteiger partial charge in [-0.25, -0.2) is 4.79 Å². The summed E-state index contributed by atoms with van der Waals surface area (Å²) >= 11 is 0. The summed E-state index contributed by atoms with van der Waals surface area (Å²) in [6.45, 7) is 1.46. The number of phenols is 3. The minimum Gasteiger partial charge on any atom is -0.508 e. The summed E-state index contributed by atoms with van der Waals surface area (Å²) in [5.74, 6) is -2.95. The van der Waals surface area contributed by atoms with E-state index < -0.39 is 53.6 Å². The second kappa shape index (κ2) is 9.43. The molecule has 2 aromatic carbocycles. The normalized spacial score (nSPS) is 24.3. The number of esters is 1. The maximum Gasteiger partial charge on any atom is 0.338 e. The highest BCUT2D eigenvalue weighted by Gasteiger charge is 2.49. The summed E-state index contributed by atoms with van der Waals surface area (Å²) < 4.78 is 21.5. The molecule has 1 aliphatic heterocycles. The number of benzene rings is 2. The Morgan fingerprint density at radius 2 is 1.66 bits per heavy atom. The predicted octanol–water partition coefficient (Wildman–Crippen LogP) is 0.326. The first kappa shape index (κ1) is 24.3. The third-order valence-corrected chi connectivity index (χ3v) is 5.37. The van der Waals surface area contributed by atoms with E-state index in [9.17, 15) is 40.2 Å². The minimum atomic E-state index is -1.91. The molecule has 186 valence electrons. The van der Waals surface area contributed by atoms with Gasteiger partial charge in [-0.3, -0.25) is 4.79 Å². The Bertz CT molecular complexity index is 1300. The van der Waals surface area contributed by atoms with E-state index >= 15 is 0 Å². The molecule has 0 amide bonds. The van der Waals surface area contributed by atoms with Crippen LogP contribution in [0.5, 0.6) is 23.0 Å². The maximum absolute atomic E-state index is 13.3. The van der Waals surface area contributed by atoms with Crippen LogP contribution in [0, 0.1) is 0 Å². The SMILES string of the molecule is CCOC(=O)[C@H]1O[C@H](Oc2c(-c3ccc(O)cc3)oc3cc(O)cc(O)c3c2=O)[C@@H](O)[C@H](O)[C@H]1O. The van der Waals surface area contributed by atoms with E-state index in [-0.39, 0.29) is 40.4 Å². The highest BCUT2D eigenvalue weighted by molar-refractivity contribution is 5.88. The Morgan fingerprint density at radius 3 is 2.31 bits per heavy atom. The summed E-state index contributed by atoms with van der Waals surface area (Å²) in [5.41, 5.74) is -0.920. The Morgan fingerprint density at radius 1 is 0.971 bits per heavy atom. The Balaban J connectivity index is 1.85. The van der Waals surface area contributed by atoms with Crippen LogP contribution in [0.1, 0.15) is 6.92 Å². The summed E-state index contributed by atoms with van der Waals surface area (Å²) in [5, 5.41) is 60.1. The van der Waals surface area contributed by atoms with Gasteiger partial charge in [0.1, 0.15) is 46.5 Å². The number of aliphatic hydroxyl groups is 3. The van der Waals surface area contributed by atoms with Crippen LogP contribution in [-0.2, 0) is 14.3 Å². The van der Waals surface area contributed by atoms with Gasteiger partial charge >= 0.3 is 5.97 Å². The number of carbonyl (C=O) groups is 1. The molecule has 0 radical (unpaired) electrons. The molecule has 0 unspecified atom stereocenters. The minimum absolute atomic E-state index is 0.0546. The molecular formula is C23H22O12. The predicted molar refractivity (Wildman–Crippen MR) is 117 cm³/mol. The van der Waals surface area contributed by atoms with Gasteiger partial charge in [0.25, 0.3) is 0 Å². The van der Waals surface area contributed by atoms with Gasteiger partial charge in [0.15, 0.2) is 11.9 Å². The van der Waals surface area contributed by atoms with Crippen LogP contribution in [0.4, 0.5) is 0 Å². The number of rotatable bonds is 5. The second-order valence-electron chi connectivity index (χ2n) is 7.74. The number of hydrogen-bond donors (Lipinski definition) is 6. The number of phenolic OH excluding ortho intramolecular Hbond substituents is 3. The lowest BCUT2D eigenvalue weighted by Gasteiger charge is -2.38. The smallest absolute Gasteiger partial charge is 0.338 e. The van der Waals surface area contributed by atoms with Crippen molar-refractivity contribution in [2.45, 2.75) is 37.6 Å². The van der Waals surface area contributed by atoms with Crippen molar-refractivity contribution >= 4 is 16.9 Å². The fraction of sp³-hybridized carbons (Fsp3) is 0.304. The van der Waals surface area contributed by atoms with Gasteiger partial charge < -0.3 is 49.3 Å². The lowest BCUT2D eigenvalue weighted by atomic mass is 9.99. The van der Waals surface area contributed by atoms with Crippen molar-refractivity contribution in [3.05, 3.63) is 46.6 Å². The van der Waals surface area contributed by atoms with Crippen molar-refractivity contribution in [2.75, 3.05) is 6.61 Å². The zero-order chi connectivity index (χ0) is 25.4. The summed E-state index contributed by atoms with van der Waals surface area (Å²) in [6.07, 6.45) is -9.25. The molecule has 5 atom stereocenters. The third kappa shape index (κ3) is 4.47. The van der Waals surface area contributed by atoms with Crippen molar-refractivity contribution in [2.24, 2.45) is 0 Å². The van der Waals surface area contributed by atoms with Gasteiger partial charge in [0, 0.05) is 17.7 Å². The number of fused-ring (bicyclic) bond motifs is 1. The molecule has 35 heavy (non-hydrogen) atoms. The zero-order valence-electron chi connectivity index (χ0n) is 18.2. The van der Waals surface area contributed by atoms with E-state index in [0.29, 0.717) is 0 Å². The highest BCUT2D eigenvalue weighted by Crippen LogP contribution is 2.37. The number of aliphatic hydroxyl groups excluding tert-OH is 3. The van der Waals surface area contributed by atoms with Crippen LogP contribution >= 0.6 is 0 Å². The number of aromatic hydroxyl groups is 3. The van der Waals surface area contributed by atoms with E-state index in [1.54, 1.807) is 0 Å². The molecule has 1 aliphatic rings. The van der Waals surface area contributed by atoms with Crippen LogP contribution in [-0.4, -0.2) is 73.9 Å². The Hall–Kier alpha value is -3.84. The van der Waals surface area contributed by atoms with Crippen molar-refractivity contribution in [1.29, 1.82) is 0 Å². The summed E-state index contributed by atoms with van der Waals surface area (Å²) in [7, 11) is 0. The molecule has 0 bridgehead atoms. The molecule has 4 rings (SSSR count). The number of carbonyl (C=O) groups excluding carboxylic acids is 1. The third-order valence-electron chi connectivity index (χ3n) is 5.37. The first-order valence-electron chi connectivity index (χ1n) is 10.5. The van der Waals surface area contributed by atoms with Gasteiger partial charge in [-0.15, -0.1) is 0 Å². The van der Waals surface area contributed by atoms with Gasteiger partial charge in [0.05, 0.1) is 6.61 Å². The first-order valence-corrected chi connectivity index (χ1v) is 10.5. The van der Waals surface area contributed by atoms with Gasteiger partial charge in [-0.2, -0.15) is 0 Å². The summed E-state index contributed by atoms with van der Waals surface area (Å²) in [6, 6.07) is 7.36. The lowest BCUT2D eigenvalue weighted by molar-refractivity contribution is -0.272. The molecule has 1 fully saturated rings. The topological polar surface area (TPSA) is 196 Å². The number of hydrogen-bond acceptors (Lipinski definition) is 12. The zero-order valence-corrected chi connectivity index (χ0v) is 18.2. The van der Waals surface area contributed by atoms with Gasteiger partial charge in [-0.1, -0.05) is 0 Å². The van der Waals surface area contributed by atoms with Crippen LogP contribution in [0.2, 0.25) is 0 Å². The molecule has 2 heterocycles. The van der Waals surface area contributed by atoms with E-state index in [2.05, 4.69) is 0 Å². The fourth-order valence-electron chi connectivity index (χ4n) is 3.66. The Kier molecular flexibility index (Phi) is 6.54. The molecule has 0 saturated carbocycles. The molecule has 12 nitrogen and oxygen atoms in total. The molecule has 0 aliphatic carbocycles. The maximum atomic E-state index is 13.3. The van der Waals surface area contributed by atoms with E-state index in [1.165, 1.54) is 31.2 Å². The lowest BCUT2D eigenvalue weighted by Crippen LogP contribution is -2.61. The van der Waals surface area contributed by atoms with E-state index in [1.807, 2.05) is 0 Å². The first-order chi connectivity index (χ1) is 16.6. The monoisotopic (exact) mass is 490 g/mol. The van der Waals surface area contributed by atoms with Crippen molar-refractivity contribution in [1.82, 2.24) is 0 Å². The van der Waals surface area contributed by atoms with Crippen molar-refractivity contribution in [3.63, 3.8) is 0 Å². The average molecular weight is 490 g/mol. The molecule has 12 heteroatoms. The van der Waals surface area contributed by atoms with Crippen molar-refractivity contribution < 1.29 is 54.1 Å². The van der Waals surface area contributed by atoms with Gasteiger partial charge in [-0.05, 0) is 31.2 Å². The average Bonchev–Trinajstić information content (AvgIpc) is 2.80. The largest absolute Gasteiger partial charge is 0.508 e. The van der Waals surface area contributed by atoms with E-state index in [4.69, 9.17) is 18.6 Å². The second-order valence-corrected chi connectivity index (χ2v) is 7.74. The quantitative estimate of drug-likeness (QED) is 0.268. The molecule has 6 N–H and O–H groups in total. The number of ether oxygens (including phenoxy) is 3. The molecular weight excluding hydrogens is 468 g/mol. The highest BCUT2D eigenvalue weighted by atomic mass is 16.7. The van der Waals surface area contributed by atoms with Crippen molar-refractivity contribution in [3.8, 4) is 34.3 Å². The van der Waals surface area contributed by atoms with Gasteiger partial charge in [0.2, 0.25) is 17.5 Å². The van der Waals surface area contributed by atoms with Crippen LogP contribution in [0.15, 0.2) is 45.6 Å². The standard InChI is InChI=1S/C23H22O12/c1-2-32-22(31)21-17(29)16(28)18(30)23(35-21)34-20-15(27)14-12(26)7-11(25)8-13(14)33-19(20)9-3-5-10(24)6-4-9/h3-8,16-18,21,23-26,28-30H,2H2,1H3/t16-,17-,18+,21+,23+/m1/s1. The summed E-state index contributed by atoms with van der Waals surface area (Å²) in [4.78, 5) is 25.5.